The van der Waals surface area contributed by atoms with E-state index in [2.05, 4.69) is 21.7 Å². The lowest BCUT2D eigenvalue weighted by molar-refractivity contribution is 0.475. The van der Waals surface area contributed by atoms with Gasteiger partial charge in [0.1, 0.15) is 5.75 Å². The first-order chi connectivity index (χ1) is 11.8. The van der Waals surface area contributed by atoms with Gasteiger partial charge in [0.2, 0.25) is 0 Å². The molecular weight excluding hydrogens is 300 g/mol. The molecule has 0 bridgehead atoms. The fraction of sp³-hybridized carbons (Fsp3) is 0.0500. The molecule has 0 radical (unpaired) electrons. The van der Waals surface area contributed by atoms with Gasteiger partial charge in [-0.1, -0.05) is 30.3 Å². The van der Waals surface area contributed by atoms with Gasteiger partial charge in [0.25, 0.3) is 0 Å². The molecule has 2 aromatic carbocycles. The van der Waals surface area contributed by atoms with Crippen LogP contribution in [0.1, 0.15) is 5.56 Å². The smallest absolute Gasteiger partial charge is 0.115 e. The van der Waals surface area contributed by atoms with E-state index in [0.717, 1.165) is 28.1 Å². The fourth-order valence-corrected chi connectivity index (χ4v) is 2.81. The Kier molecular flexibility index (Phi) is 3.63. The first-order valence-electron chi connectivity index (χ1n) is 7.72. The number of rotatable bonds is 4. The monoisotopic (exact) mass is 316 g/mol. The molecular formula is C20H16N2O2. The molecule has 4 rings (SSSR count). The summed E-state index contributed by atoms with van der Waals surface area (Å²) >= 11 is 0. The molecule has 0 aliphatic heterocycles. The number of phenols is 1. The Balaban J connectivity index is 1.85. The largest absolute Gasteiger partial charge is 0.508 e. The van der Waals surface area contributed by atoms with Crippen LogP contribution in [0.4, 0.5) is 0 Å². The standard InChI is InChI=1S/C20H16N2O2/c23-18-8-6-17(7-9-18)20-19(16-4-2-1-3-5-16)21-14-22(20)12-15-10-11-24-13-15/h1-11,13-14,23H,12H2. The summed E-state index contributed by atoms with van der Waals surface area (Å²) in [6.07, 6.45) is 5.25. The Hall–Kier alpha value is -3.27. The van der Waals surface area contributed by atoms with Crippen molar-refractivity contribution in [3.63, 3.8) is 0 Å². The van der Waals surface area contributed by atoms with Crippen molar-refractivity contribution < 1.29 is 9.52 Å². The van der Waals surface area contributed by atoms with Crippen LogP contribution >= 0.6 is 0 Å². The zero-order valence-corrected chi connectivity index (χ0v) is 13.0. The highest BCUT2D eigenvalue weighted by Gasteiger charge is 2.15. The highest BCUT2D eigenvalue weighted by Crippen LogP contribution is 2.32. The van der Waals surface area contributed by atoms with Gasteiger partial charge in [-0.05, 0) is 30.3 Å². The molecule has 4 nitrogen and oxygen atoms in total. The molecule has 118 valence electrons. The van der Waals surface area contributed by atoms with E-state index >= 15 is 0 Å². The van der Waals surface area contributed by atoms with Crippen LogP contribution in [0.2, 0.25) is 0 Å². The van der Waals surface area contributed by atoms with E-state index in [-0.39, 0.29) is 5.75 Å². The maximum absolute atomic E-state index is 9.58. The number of aromatic hydroxyl groups is 1. The molecule has 0 saturated heterocycles. The molecule has 24 heavy (non-hydrogen) atoms. The minimum Gasteiger partial charge on any atom is -0.508 e. The average molecular weight is 316 g/mol. The Morgan fingerprint density at radius 2 is 1.71 bits per heavy atom. The second-order valence-corrected chi connectivity index (χ2v) is 5.61. The molecule has 0 aliphatic rings. The van der Waals surface area contributed by atoms with Gasteiger partial charge >= 0.3 is 0 Å². The Morgan fingerprint density at radius 1 is 0.917 bits per heavy atom. The minimum atomic E-state index is 0.251. The number of hydrogen-bond acceptors (Lipinski definition) is 3. The molecule has 0 unspecified atom stereocenters. The first-order valence-corrected chi connectivity index (χ1v) is 7.72. The third kappa shape index (κ3) is 2.70. The second-order valence-electron chi connectivity index (χ2n) is 5.61. The van der Waals surface area contributed by atoms with E-state index in [9.17, 15) is 5.11 Å². The first kappa shape index (κ1) is 14.3. The van der Waals surface area contributed by atoms with Crippen molar-refractivity contribution in [3.8, 4) is 28.3 Å². The van der Waals surface area contributed by atoms with Gasteiger partial charge in [-0.15, -0.1) is 0 Å². The molecule has 1 N–H and O–H groups in total. The summed E-state index contributed by atoms with van der Waals surface area (Å²) in [5.74, 6) is 0.251. The maximum atomic E-state index is 9.58. The van der Waals surface area contributed by atoms with Crippen LogP contribution < -0.4 is 0 Å². The molecule has 4 heteroatoms. The van der Waals surface area contributed by atoms with Crippen LogP contribution in [0.15, 0.2) is 83.9 Å². The zero-order valence-electron chi connectivity index (χ0n) is 13.0. The molecule has 0 aliphatic carbocycles. The third-order valence-electron chi connectivity index (χ3n) is 3.96. The van der Waals surface area contributed by atoms with E-state index in [1.807, 2.05) is 42.7 Å². The van der Waals surface area contributed by atoms with Crippen molar-refractivity contribution in [2.24, 2.45) is 0 Å². The van der Waals surface area contributed by atoms with Crippen LogP contribution in [0, 0.1) is 0 Å². The predicted octanol–water partition coefficient (Wildman–Crippen LogP) is 4.56. The zero-order chi connectivity index (χ0) is 16.4. The fourth-order valence-electron chi connectivity index (χ4n) is 2.81. The summed E-state index contributed by atoms with van der Waals surface area (Å²) in [4.78, 5) is 4.64. The number of imidazole rings is 1. The van der Waals surface area contributed by atoms with Crippen LogP contribution in [0.5, 0.6) is 5.75 Å². The third-order valence-corrected chi connectivity index (χ3v) is 3.96. The van der Waals surface area contributed by atoms with E-state index in [1.54, 1.807) is 24.7 Å². The molecule has 0 saturated carbocycles. The van der Waals surface area contributed by atoms with Gasteiger partial charge in [-0.25, -0.2) is 4.98 Å². The highest BCUT2D eigenvalue weighted by molar-refractivity contribution is 5.78. The average Bonchev–Trinajstić information content (AvgIpc) is 3.27. The lowest BCUT2D eigenvalue weighted by atomic mass is 10.0. The van der Waals surface area contributed by atoms with Crippen molar-refractivity contribution in [3.05, 3.63) is 85.1 Å². The number of hydrogen-bond donors (Lipinski definition) is 1. The van der Waals surface area contributed by atoms with E-state index in [4.69, 9.17) is 4.42 Å². The van der Waals surface area contributed by atoms with Gasteiger partial charge in [0, 0.05) is 16.7 Å². The molecule has 0 atom stereocenters. The summed E-state index contributed by atoms with van der Waals surface area (Å²) in [5.41, 5.74) is 5.08. The van der Waals surface area contributed by atoms with Crippen LogP contribution in [0.3, 0.4) is 0 Å². The van der Waals surface area contributed by atoms with Crippen LogP contribution in [-0.4, -0.2) is 14.7 Å². The number of benzene rings is 2. The summed E-state index contributed by atoms with van der Waals surface area (Å²) in [7, 11) is 0. The van der Waals surface area contributed by atoms with E-state index in [1.165, 1.54) is 0 Å². The molecule has 0 amide bonds. The van der Waals surface area contributed by atoms with E-state index in [0.29, 0.717) is 6.54 Å². The molecule has 2 aromatic heterocycles. The summed E-state index contributed by atoms with van der Waals surface area (Å²) in [6.45, 7) is 0.673. The Morgan fingerprint density at radius 3 is 2.42 bits per heavy atom. The molecule has 2 heterocycles. The summed E-state index contributed by atoms with van der Waals surface area (Å²) < 4.78 is 7.27. The summed E-state index contributed by atoms with van der Waals surface area (Å²) in [6, 6.07) is 19.3. The lowest BCUT2D eigenvalue weighted by Crippen LogP contribution is -2.00. The van der Waals surface area contributed by atoms with Crippen molar-refractivity contribution in [1.29, 1.82) is 0 Å². The van der Waals surface area contributed by atoms with Crippen molar-refractivity contribution in [2.45, 2.75) is 6.54 Å². The SMILES string of the molecule is Oc1ccc(-c2c(-c3ccccc3)ncn2Cc2ccoc2)cc1. The minimum absolute atomic E-state index is 0.251. The Labute approximate surface area is 139 Å². The van der Waals surface area contributed by atoms with Crippen molar-refractivity contribution >= 4 is 0 Å². The van der Waals surface area contributed by atoms with Crippen LogP contribution in [-0.2, 0) is 6.54 Å². The van der Waals surface area contributed by atoms with Gasteiger partial charge in [0.05, 0.1) is 36.8 Å². The molecule has 0 spiro atoms. The second kappa shape index (κ2) is 6.08. The topological polar surface area (TPSA) is 51.2 Å². The summed E-state index contributed by atoms with van der Waals surface area (Å²) in [5, 5.41) is 9.58. The number of phenolic OH excluding ortho intramolecular Hbond substituents is 1. The van der Waals surface area contributed by atoms with Gasteiger partial charge in [-0.2, -0.15) is 0 Å². The van der Waals surface area contributed by atoms with Crippen LogP contribution in [0.25, 0.3) is 22.5 Å². The van der Waals surface area contributed by atoms with Gasteiger partial charge < -0.3 is 14.1 Å². The highest BCUT2D eigenvalue weighted by atomic mass is 16.3. The van der Waals surface area contributed by atoms with Gasteiger partial charge in [0.15, 0.2) is 0 Å². The van der Waals surface area contributed by atoms with Gasteiger partial charge in [-0.3, -0.25) is 0 Å². The van der Waals surface area contributed by atoms with E-state index < -0.39 is 0 Å². The number of nitrogens with zero attached hydrogens (tertiary/aromatic N) is 2. The molecule has 4 aromatic rings. The number of aromatic nitrogens is 2. The quantitative estimate of drug-likeness (QED) is 0.600. The molecule has 0 fully saturated rings. The normalized spacial score (nSPS) is 10.8. The predicted molar refractivity (Wildman–Crippen MR) is 92.6 cm³/mol. The lowest BCUT2D eigenvalue weighted by Gasteiger charge is -2.10. The number of furan rings is 1. The van der Waals surface area contributed by atoms with Crippen molar-refractivity contribution in [2.75, 3.05) is 0 Å². The van der Waals surface area contributed by atoms with Crippen molar-refractivity contribution in [1.82, 2.24) is 9.55 Å². The Bertz CT molecular complexity index is 924. The maximum Gasteiger partial charge on any atom is 0.115 e.